The summed E-state index contributed by atoms with van der Waals surface area (Å²) in [6, 6.07) is 0. The van der Waals surface area contributed by atoms with Crippen molar-refractivity contribution in [2.45, 2.75) is 46.5 Å². The molecule has 1 aliphatic heterocycles. The number of hydrogen-bond acceptors (Lipinski definition) is 3. The van der Waals surface area contributed by atoms with Crippen LogP contribution < -0.4 is 10.6 Å². The molecule has 116 valence electrons. The van der Waals surface area contributed by atoms with Crippen LogP contribution in [0, 0.1) is 17.3 Å². The predicted octanol–water partition coefficient (Wildman–Crippen LogP) is 1.63. The maximum absolute atomic E-state index is 11.7. The first kappa shape index (κ1) is 17.0. The maximum atomic E-state index is 11.7. The van der Waals surface area contributed by atoms with Gasteiger partial charge in [0.15, 0.2) is 0 Å². The quantitative estimate of drug-likeness (QED) is 0.633. The van der Waals surface area contributed by atoms with Gasteiger partial charge in [0, 0.05) is 19.4 Å². The van der Waals surface area contributed by atoms with E-state index in [4.69, 9.17) is 5.11 Å². The Bertz CT molecular complexity index is 333. The maximum Gasteiger partial charge on any atom is 0.303 e. The van der Waals surface area contributed by atoms with Gasteiger partial charge in [0.05, 0.1) is 0 Å². The van der Waals surface area contributed by atoms with Crippen molar-refractivity contribution < 1.29 is 14.7 Å². The Balaban J connectivity index is 2.26. The van der Waals surface area contributed by atoms with Crippen molar-refractivity contribution in [1.82, 2.24) is 10.6 Å². The molecule has 0 spiro atoms. The Morgan fingerprint density at radius 3 is 2.40 bits per heavy atom. The average molecular weight is 284 g/mol. The van der Waals surface area contributed by atoms with E-state index in [9.17, 15) is 9.59 Å². The zero-order chi connectivity index (χ0) is 15.2. The van der Waals surface area contributed by atoms with Crippen LogP contribution in [0.25, 0.3) is 0 Å². The van der Waals surface area contributed by atoms with Gasteiger partial charge in [-0.05, 0) is 43.2 Å². The molecular formula is C15H28N2O3. The van der Waals surface area contributed by atoms with Gasteiger partial charge in [-0.2, -0.15) is 0 Å². The van der Waals surface area contributed by atoms with E-state index in [0.29, 0.717) is 31.2 Å². The minimum Gasteiger partial charge on any atom is -0.481 e. The monoisotopic (exact) mass is 284 g/mol. The zero-order valence-electron chi connectivity index (χ0n) is 12.9. The van der Waals surface area contributed by atoms with Crippen LogP contribution in [0.15, 0.2) is 0 Å². The van der Waals surface area contributed by atoms with E-state index < -0.39 is 5.97 Å². The second-order valence-corrected chi connectivity index (χ2v) is 6.86. The Labute approximate surface area is 121 Å². The number of carbonyl (C=O) groups is 2. The third kappa shape index (κ3) is 6.37. The minimum atomic E-state index is -0.749. The summed E-state index contributed by atoms with van der Waals surface area (Å²) < 4.78 is 0. The molecule has 3 N–H and O–H groups in total. The summed E-state index contributed by atoms with van der Waals surface area (Å²) in [7, 11) is 0. The largest absolute Gasteiger partial charge is 0.481 e. The molecule has 0 radical (unpaired) electrons. The van der Waals surface area contributed by atoms with Crippen molar-refractivity contribution in [1.29, 1.82) is 0 Å². The predicted molar refractivity (Wildman–Crippen MR) is 78.4 cm³/mol. The molecule has 1 rings (SSSR count). The number of aliphatic carboxylic acids is 1. The van der Waals surface area contributed by atoms with Gasteiger partial charge in [0.2, 0.25) is 5.91 Å². The summed E-state index contributed by atoms with van der Waals surface area (Å²) in [6.45, 7) is 8.90. The van der Waals surface area contributed by atoms with E-state index in [1.807, 2.05) is 0 Å². The summed E-state index contributed by atoms with van der Waals surface area (Å²) >= 11 is 0. The van der Waals surface area contributed by atoms with Crippen LogP contribution in [0.4, 0.5) is 0 Å². The number of carboxylic acid groups (broad SMARTS) is 1. The summed E-state index contributed by atoms with van der Waals surface area (Å²) in [5.41, 5.74) is 0.0675. The molecule has 0 bridgehead atoms. The number of nitrogens with one attached hydrogen (secondary N) is 2. The highest BCUT2D eigenvalue weighted by Gasteiger charge is 2.25. The van der Waals surface area contributed by atoms with Crippen molar-refractivity contribution in [2.75, 3.05) is 19.6 Å². The van der Waals surface area contributed by atoms with Crippen LogP contribution >= 0.6 is 0 Å². The van der Waals surface area contributed by atoms with Gasteiger partial charge in [-0.3, -0.25) is 9.59 Å². The van der Waals surface area contributed by atoms with E-state index >= 15 is 0 Å². The minimum absolute atomic E-state index is 0.0675. The lowest BCUT2D eigenvalue weighted by Crippen LogP contribution is -2.44. The number of carboxylic acids is 1. The molecule has 1 amide bonds. The molecule has 0 aromatic carbocycles. The third-order valence-electron chi connectivity index (χ3n) is 4.09. The molecule has 1 heterocycles. The van der Waals surface area contributed by atoms with Gasteiger partial charge in [0.1, 0.15) is 0 Å². The fourth-order valence-electron chi connectivity index (χ4n) is 2.52. The van der Waals surface area contributed by atoms with Crippen LogP contribution in [-0.2, 0) is 9.59 Å². The summed E-state index contributed by atoms with van der Waals surface area (Å²) in [5.74, 6) is 0.160. The van der Waals surface area contributed by atoms with Crippen molar-refractivity contribution in [3.8, 4) is 0 Å². The second kappa shape index (κ2) is 7.62. The molecule has 5 heteroatoms. The van der Waals surface area contributed by atoms with E-state index in [2.05, 4.69) is 31.4 Å². The molecule has 1 fully saturated rings. The van der Waals surface area contributed by atoms with Gasteiger partial charge in [-0.15, -0.1) is 0 Å². The Morgan fingerprint density at radius 2 is 1.95 bits per heavy atom. The van der Waals surface area contributed by atoms with Gasteiger partial charge < -0.3 is 15.7 Å². The fraction of sp³-hybridized carbons (Fsp3) is 0.867. The highest BCUT2D eigenvalue weighted by molar-refractivity contribution is 5.76. The molecule has 1 saturated heterocycles. The lowest BCUT2D eigenvalue weighted by Gasteiger charge is -2.31. The molecule has 0 saturated carbocycles. The van der Waals surface area contributed by atoms with Gasteiger partial charge in [-0.1, -0.05) is 20.8 Å². The smallest absolute Gasteiger partial charge is 0.303 e. The number of hydrogen-bond donors (Lipinski definition) is 3. The van der Waals surface area contributed by atoms with Crippen LogP contribution in [-0.4, -0.2) is 36.6 Å². The normalized spacial score (nSPS) is 17.4. The van der Waals surface area contributed by atoms with Crippen LogP contribution in [0.2, 0.25) is 0 Å². The van der Waals surface area contributed by atoms with Gasteiger partial charge >= 0.3 is 5.97 Å². The van der Waals surface area contributed by atoms with E-state index in [1.165, 1.54) is 0 Å². The Hall–Kier alpha value is -1.10. The fourth-order valence-corrected chi connectivity index (χ4v) is 2.52. The lowest BCUT2D eigenvalue weighted by molar-refractivity contribution is -0.137. The molecule has 0 aliphatic carbocycles. The summed E-state index contributed by atoms with van der Waals surface area (Å²) in [5, 5.41) is 14.9. The molecular weight excluding hydrogens is 256 g/mol. The molecule has 20 heavy (non-hydrogen) atoms. The van der Waals surface area contributed by atoms with Gasteiger partial charge in [0.25, 0.3) is 0 Å². The van der Waals surface area contributed by atoms with Crippen molar-refractivity contribution in [3.05, 3.63) is 0 Å². The molecule has 1 atom stereocenters. The first-order valence-electron chi connectivity index (χ1n) is 7.48. The first-order valence-corrected chi connectivity index (χ1v) is 7.48. The second-order valence-electron chi connectivity index (χ2n) is 6.86. The number of rotatable bonds is 8. The highest BCUT2D eigenvalue weighted by Crippen LogP contribution is 2.32. The van der Waals surface area contributed by atoms with Crippen LogP contribution in [0.3, 0.4) is 0 Å². The lowest BCUT2D eigenvalue weighted by atomic mass is 9.76. The SMILES string of the molecule is CC(C)(C)C(CCNC(=O)CC1CNC1)CCC(=O)O. The van der Waals surface area contributed by atoms with Crippen molar-refractivity contribution >= 4 is 11.9 Å². The highest BCUT2D eigenvalue weighted by atomic mass is 16.4. The Kier molecular flexibility index (Phi) is 6.46. The van der Waals surface area contributed by atoms with E-state index in [1.54, 1.807) is 0 Å². The van der Waals surface area contributed by atoms with Crippen LogP contribution in [0.5, 0.6) is 0 Å². The molecule has 0 aromatic rings. The van der Waals surface area contributed by atoms with E-state index in [0.717, 1.165) is 19.5 Å². The number of carbonyl (C=O) groups excluding carboxylic acids is 1. The summed E-state index contributed by atoms with van der Waals surface area (Å²) in [6.07, 6.45) is 2.30. The molecule has 1 unspecified atom stereocenters. The van der Waals surface area contributed by atoms with Crippen molar-refractivity contribution in [2.24, 2.45) is 17.3 Å². The van der Waals surface area contributed by atoms with Crippen LogP contribution in [0.1, 0.15) is 46.5 Å². The first-order chi connectivity index (χ1) is 9.29. The molecule has 0 aromatic heterocycles. The van der Waals surface area contributed by atoms with Crippen molar-refractivity contribution in [3.63, 3.8) is 0 Å². The van der Waals surface area contributed by atoms with E-state index in [-0.39, 0.29) is 17.7 Å². The summed E-state index contributed by atoms with van der Waals surface area (Å²) in [4.78, 5) is 22.4. The van der Waals surface area contributed by atoms with Gasteiger partial charge in [-0.25, -0.2) is 0 Å². The topological polar surface area (TPSA) is 78.4 Å². The standard InChI is InChI=1S/C15H28N2O3/c1-15(2,3)12(4-5-14(19)20)6-7-17-13(18)8-11-9-16-10-11/h11-12,16H,4-10H2,1-3H3,(H,17,18)(H,19,20). The third-order valence-corrected chi connectivity index (χ3v) is 4.09. The molecule has 5 nitrogen and oxygen atoms in total. The number of amides is 1. The Morgan fingerprint density at radius 1 is 1.30 bits per heavy atom. The zero-order valence-corrected chi connectivity index (χ0v) is 12.9. The molecule has 1 aliphatic rings. The average Bonchev–Trinajstić information content (AvgIpc) is 2.26.